The summed E-state index contributed by atoms with van der Waals surface area (Å²) in [5, 5.41) is 13.5. The van der Waals surface area contributed by atoms with Crippen molar-refractivity contribution in [3.8, 4) is 22.9 Å². The minimum atomic E-state index is -2.83. The molecule has 0 bridgehead atoms. The number of halogens is 7. The van der Waals surface area contributed by atoms with Crippen LogP contribution in [0.15, 0.2) is 45.2 Å². The average Bonchev–Trinajstić information content (AvgIpc) is 3.46. The fraction of sp³-hybridized carbons (Fsp3) is 0.200. The Morgan fingerprint density at radius 1 is 0.758 bits per heavy atom. The van der Waals surface area contributed by atoms with Crippen molar-refractivity contribution < 1.29 is 35.2 Å². The molecule has 0 spiro atoms. The van der Waals surface area contributed by atoms with E-state index in [1.807, 2.05) is 0 Å². The molecule has 0 radical (unpaired) electrons. The van der Waals surface area contributed by atoms with E-state index >= 15 is 0 Å². The lowest BCUT2D eigenvalue weighted by Gasteiger charge is -2.00. The maximum atomic E-state index is 13.4. The van der Waals surface area contributed by atoms with Gasteiger partial charge in [0.15, 0.2) is 0 Å². The van der Waals surface area contributed by atoms with E-state index in [9.17, 15) is 26.3 Å². The molecule has 2 aromatic carbocycles. The largest absolute Gasteiger partial charge is 0.415 e. The first-order chi connectivity index (χ1) is 15.7. The third-order valence-corrected chi connectivity index (χ3v) is 4.72. The normalized spacial score (nSPS) is 11.1. The summed E-state index contributed by atoms with van der Waals surface area (Å²) >= 11 is 3.12. The molecule has 0 amide bonds. The summed E-state index contributed by atoms with van der Waals surface area (Å²) < 4.78 is 84.8. The lowest BCUT2D eigenvalue weighted by molar-refractivity contribution is 0.115. The van der Waals surface area contributed by atoms with Crippen LogP contribution in [-0.4, -0.2) is 20.4 Å². The first kappa shape index (κ1) is 24.4. The Morgan fingerprint density at radius 2 is 1.24 bits per heavy atom. The number of benzene rings is 2. The molecule has 0 saturated heterocycles. The Hall–Kier alpha value is -3.22. The summed E-state index contributed by atoms with van der Waals surface area (Å²) in [5.41, 5.74) is 1.47. The summed E-state index contributed by atoms with van der Waals surface area (Å²) in [6, 6.07) is 8.42. The molecule has 0 saturated carbocycles. The molecule has 4 rings (SSSR count). The van der Waals surface area contributed by atoms with E-state index in [1.165, 1.54) is 30.3 Å². The van der Waals surface area contributed by atoms with Crippen LogP contribution in [0.5, 0.6) is 0 Å². The molecular weight excluding hydrogens is 522 g/mol. The molecular formula is C20H13BrF6N4O2. The van der Waals surface area contributed by atoms with Crippen molar-refractivity contribution in [3.05, 3.63) is 70.9 Å². The molecule has 0 aliphatic rings. The lowest BCUT2D eigenvalue weighted by atomic mass is 10.1. The van der Waals surface area contributed by atoms with Gasteiger partial charge in [-0.2, -0.15) is 17.6 Å². The van der Waals surface area contributed by atoms with Gasteiger partial charge in [-0.15, -0.1) is 20.4 Å². The molecule has 0 unspecified atom stereocenters. The highest BCUT2D eigenvalue weighted by Gasteiger charge is 2.18. The number of aromatic nitrogens is 4. The molecule has 6 nitrogen and oxygen atoms in total. The van der Waals surface area contributed by atoms with Crippen molar-refractivity contribution in [1.82, 2.24) is 20.4 Å². The van der Waals surface area contributed by atoms with Crippen molar-refractivity contribution in [2.45, 2.75) is 25.1 Å². The zero-order valence-electron chi connectivity index (χ0n) is 16.6. The van der Waals surface area contributed by atoms with Gasteiger partial charge in [-0.1, -0.05) is 28.1 Å². The van der Waals surface area contributed by atoms with Gasteiger partial charge in [0.1, 0.15) is 11.6 Å². The Morgan fingerprint density at radius 3 is 1.64 bits per heavy atom. The van der Waals surface area contributed by atoms with Gasteiger partial charge in [-0.05, 0) is 42.3 Å². The molecule has 33 heavy (non-hydrogen) atoms. The molecule has 2 heterocycles. The molecule has 0 aliphatic heterocycles. The van der Waals surface area contributed by atoms with Crippen LogP contribution in [0.3, 0.4) is 0 Å². The fourth-order valence-corrected chi connectivity index (χ4v) is 2.85. The number of hydrogen-bond acceptors (Lipinski definition) is 6. The van der Waals surface area contributed by atoms with E-state index in [0.717, 1.165) is 6.07 Å². The van der Waals surface area contributed by atoms with Crippen LogP contribution < -0.4 is 0 Å². The molecule has 0 atom stereocenters. The van der Waals surface area contributed by atoms with Gasteiger partial charge < -0.3 is 8.83 Å². The highest BCUT2D eigenvalue weighted by Crippen LogP contribution is 2.26. The monoisotopic (exact) mass is 534 g/mol. The van der Waals surface area contributed by atoms with Gasteiger partial charge in [0, 0.05) is 16.5 Å². The molecule has 174 valence electrons. The molecule has 13 heteroatoms. The molecule has 0 aliphatic carbocycles. The molecule has 4 aromatic rings. The Balaban J connectivity index is 0.000000186. The first-order valence-corrected chi connectivity index (χ1v) is 10.2. The number of aryl methyl sites for hydroxylation is 1. The van der Waals surface area contributed by atoms with E-state index in [0.29, 0.717) is 16.5 Å². The van der Waals surface area contributed by atoms with Crippen molar-refractivity contribution >= 4 is 15.9 Å². The van der Waals surface area contributed by atoms with Crippen LogP contribution in [0.2, 0.25) is 0 Å². The maximum absolute atomic E-state index is 13.4. The highest BCUT2D eigenvalue weighted by molar-refractivity contribution is 9.08. The van der Waals surface area contributed by atoms with Gasteiger partial charge in [-0.3, -0.25) is 0 Å². The van der Waals surface area contributed by atoms with E-state index in [4.69, 9.17) is 4.42 Å². The number of nitrogens with zero attached hydrogens (tertiary/aromatic N) is 4. The van der Waals surface area contributed by atoms with Crippen molar-refractivity contribution in [2.75, 3.05) is 0 Å². The standard InChI is InChI=1S/C10H6BrF3N2O.C10H7F3N2O/c11-4-6-2-1-5(3-7(6)12)9-15-16-10(17-9)8(13)14;1-5-2-3-6(4-7(5)11)9-14-15-10(16-9)8(12)13/h1-3,8H,4H2;2-4,8H,1H3. The van der Waals surface area contributed by atoms with Crippen LogP contribution in [-0.2, 0) is 5.33 Å². The van der Waals surface area contributed by atoms with Crippen molar-refractivity contribution in [1.29, 1.82) is 0 Å². The van der Waals surface area contributed by atoms with Gasteiger partial charge in [0.25, 0.3) is 11.8 Å². The van der Waals surface area contributed by atoms with Crippen molar-refractivity contribution in [2.24, 2.45) is 0 Å². The molecule has 2 aromatic heterocycles. The smallest absolute Gasteiger partial charge is 0.314 e. The van der Waals surface area contributed by atoms with Gasteiger partial charge >= 0.3 is 12.9 Å². The Labute approximate surface area is 190 Å². The topological polar surface area (TPSA) is 77.8 Å². The van der Waals surface area contributed by atoms with Crippen molar-refractivity contribution in [3.63, 3.8) is 0 Å². The molecule has 0 fully saturated rings. The average molecular weight is 535 g/mol. The predicted octanol–water partition coefficient (Wildman–Crippen LogP) is 6.83. The maximum Gasteiger partial charge on any atom is 0.314 e. The number of rotatable bonds is 5. The second-order valence-electron chi connectivity index (χ2n) is 6.40. The number of hydrogen-bond donors (Lipinski definition) is 0. The lowest BCUT2D eigenvalue weighted by Crippen LogP contribution is -1.87. The van der Waals surface area contributed by atoms with Gasteiger partial charge in [0.2, 0.25) is 11.8 Å². The summed E-state index contributed by atoms with van der Waals surface area (Å²) in [6.07, 6.45) is -5.65. The quantitative estimate of drug-likeness (QED) is 0.206. The van der Waals surface area contributed by atoms with E-state index in [2.05, 4.69) is 40.7 Å². The minimum Gasteiger partial charge on any atom is -0.415 e. The Kier molecular flexibility index (Phi) is 7.84. The van der Waals surface area contributed by atoms with Crippen LogP contribution in [0.1, 0.15) is 35.8 Å². The van der Waals surface area contributed by atoms with Crippen LogP contribution in [0.4, 0.5) is 26.3 Å². The van der Waals surface area contributed by atoms with Gasteiger partial charge in [-0.25, -0.2) is 8.78 Å². The van der Waals surface area contributed by atoms with E-state index in [1.54, 1.807) is 6.92 Å². The first-order valence-electron chi connectivity index (χ1n) is 9.04. The zero-order chi connectivity index (χ0) is 24.1. The van der Waals surface area contributed by atoms with Crippen LogP contribution in [0.25, 0.3) is 22.9 Å². The fourth-order valence-electron chi connectivity index (χ4n) is 2.39. The second kappa shape index (κ2) is 10.6. The minimum absolute atomic E-state index is 0.116. The Bertz CT molecular complexity index is 1230. The van der Waals surface area contributed by atoms with Gasteiger partial charge in [0.05, 0.1) is 0 Å². The highest BCUT2D eigenvalue weighted by atomic mass is 79.9. The van der Waals surface area contributed by atoms with E-state index < -0.39 is 36.3 Å². The van der Waals surface area contributed by atoms with Crippen LogP contribution in [0, 0.1) is 18.6 Å². The summed E-state index contributed by atoms with van der Waals surface area (Å²) in [5.74, 6) is -2.69. The predicted molar refractivity (Wildman–Crippen MR) is 107 cm³/mol. The third-order valence-electron chi connectivity index (χ3n) is 4.12. The third kappa shape index (κ3) is 5.97. The second-order valence-corrected chi connectivity index (χ2v) is 6.96. The summed E-state index contributed by atoms with van der Waals surface area (Å²) in [6.45, 7) is 1.59. The number of alkyl halides is 5. The SMILES string of the molecule is Cc1ccc(-c2nnc(C(F)F)o2)cc1F.Fc1cc(-c2nnc(C(F)F)o2)ccc1CBr. The summed E-state index contributed by atoms with van der Waals surface area (Å²) in [4.78, 5) is 0. The zero-order valence-corrected chi connectivity index (χ0v) is 18.2. The molecule has 0 N–H and O–H groups in total. The summed E-state index contributed by atoms with van der Waals surface area (Å²) in [7, 11) is 0. The van der Waals surface area contributed by atoms with Crippen LogP contribution >= 0.6 is 15.9 Å². The van der Waals surface area contributed by atoms with E-state index in [-0.39, 0.29) is 22.9 Å².